The number of fused-ring (bicyclic) bond motifs is 1. The van der Waals surface area contributed by atoms with Gasteiger partial charge in [0.25, 0.3) is 0 Å². The molecular weight excluding hydrogens is 441 g/mol. The van der Waals surface area contributed by atoms with E-state index in [-0.39, 0.29) is 37.7 Å². The van der Waals surface area contributed by atoms with Crippen LogP contribution in [-0.4, -0.2) is 32.5 Å². The summed E-state index contributed by atoms with van der Waals surface area (Å²) in [5, 5.41) is 2.58. The second kappa shape index (κ2) is 10.8. The molecule has 0 atom stereocenters. The molecule has 0 fully saturated rings. The number of amides is 1. The maximum Gasteiger partial charge on any atom is 0.387 e. The largest absolute Gasteiger partial charge is 0.467 e. The predicted octanol–water partition coefficient (Wildman–Crippen LogP) is 4.27. The van der Waals surface area contributed by atoms with Gasteiger partial charge in [-0.05, 0) is 42.3 Å². The molecule has 1 heterocycles. The fourth-order valence-electron chi connectivity index (χ4n) is 3.01. The number of rotatable bonds is 9. The van der Waals surface area contributed by atoms with Crippen LogP contribution in [0, 0.1) is 5.82 Å². The van der Waals surface area contributed by atoms with Gasteiger partial charge in [-0.15, -0.1) is 0 Å². The second-order valence-electron chi connectivity index (χ2n) is 6.49. The summed E-state index contributed by atoms with van der Waals surface area (Å²) in [6, 6.07) is 5.81. The molecule has 3 rings (SSSR count). The number of alkyl halides is 4. The topological polar surface area (TPSA) is 66.0 Å². The minimum Gasteiger partial charge on any atom is -0.467 e. The summed E-state index contributed by atoms with van der Waals surface area (Å²) < 4.78 is 82.6. The zero-order valence-electron chi connectivity index (χ0n) is 16.5. The first-order chi connectivity index (χ1) is 15.3. The first kappa shape index (κ1) is 23.3. The molecule has 11 heteroatoms. The van der Waals surface area contributed by atoms with Gasteiger partial charge in [-0.1, -0.05) is 0 Å². The molecule has 1 amide bonds. The van der Waals surface area contributed by atoms with Gasteiger partial charge in [0.05, 0.1) is 6.61 Å². The normalized spacial score (nSPS) is 13.2. The van der Waals surface area contributed by atoms with E-state index in [1.807, 2.05) is 0 Å². The maximum absolute atomic E-state index is 13.8. The van der Waals surface area contributed by atoms with Crippen LogP contribution in [0.3, 0.4) is 0 Å². The van der Waals surface area contributed by atoms with Crippen LogP contribution >= 0.6 is 0 Å². The molecule has 0 aliphatic carbocycles. The molecule has 0 unspecified atom stereocenters. The molecule has 0 bridgehead atoms. The zero-order valence-corrected chi connectivity index (χ0v) is 16.5. The molecule has 6 nitrogen and oxygen atoms in total. The quantitative estimate of drug-likeness (QED) is 0.448. The summed E-state index contributed by atoms with van der Waals surface area (Å²) in [5.74, 6) is -1.31. The third-order valence-corrected chi connectivity index (χ3v) is 4.29. The molecular formula is C21H18F5NO5. The van der Waals surface area contributed by atoms with Gasteiger partial charge in [-0.25, -0.2) is 4.39 Å². The highest BCUT2D eigenvalue weighted by atomic mass is 19.3. The highest BCUT2D eigenvalue weighted by Crippen LogP contribution is 2.30. The van der Waals surface area contributed by atoms with Gasteiger partial charge < -0.3 is 24.3 Å². The maximum atomic E-state index is 13.8. The first-order valence-electron chi connectivity index (χ1n) is 9.33. The molecule has 0 radical (unpaired) electrons. The summed E-state index contributed by atoms with van der Waals surface area (Å²) in [4.78, 5) is 12.1. The Morgan fingerprint density at radius 1 is 1.12 bits per heavy atom. The lowest BCUT2D eigenvalue weighted by Gasteiger charge is -2.20. The van der Waals surface area contributed by atoms with E-state index in [9.17, 15) is 26.7 Å². The van der Waals surface area contributed by atoms with Crippen molar-refractivity contribution < 1.29 is 45.7 Å². The van der Waals surface area contributed by atoms with Gasteiger partial charge in [-0.2, -0.15) is 17.6 Å². The molecule has 1 N–H and O–H groups in total. The van der Waals surface area contributed by atoms with Crippen LogP contribution in [0.5, 0.6) is 17.2 Å². The lowest BCUT2D eigenvalue weighted by Crippen LogP contribution is -2.24. The van der Waals surface area contributed by atoms with Crippen molar-refractivity contribution in [2.75, 3.05) is 13.3 Å². The molecule has 2 aromatic rings. The van der Waals surface area contributed by atoms with Gasteiger partial charge in [-0.3, -0.25) is 4.79 Å². The van der Waals surface area contributed by atoms with Crippen molar-refractivity contribution in [2.24, 2.45) is 0 Å². The average molecular weight is 459 g/mol. The molecule has 172 valence electrons. The number of hydrogen-bond acceptors (Lipinski definition) is 5. The minimum absolute atomic E-state index is 0.0465. The summed E-state index contributed by atoms with van der Waals surface area (Å²) in [7, 11) is 0. The SMILES string of the molecule is O=C(C=Cc1ccc(OC(F)F)cc1OC(F)F)NCCc1cc(F)cc2c1OCOC2. The minimum atomic E-state index is -3.21. The van der Waals surface area contributed by atoms with Crippen molar-refractivity contribution in [1.82, 2.24) is 5.32 Å². The molecule has 0 saturated heterocycles. The number of carbonyl (C=O) groups is 1. The smallest absolute Gasteiger partial charge is 0.387 e. The van der Waals surface area contributed by atoms with Crippen molar-refractivity contribution in [1.29, 1.82) is 0 Å². The van der Waals surface area contributed by atoms with Crippen LogP contribution in [0.2, 0.25) is 0 Å². The van der Waals surface area contributed by atoms with E-state index in [1.165, 1.54) is 24.3 Å². The summed E-state index contributed by atoms with van der Waals surface area (Å²) in [6.45, 7) is -5.93. The van der Waals surface area contributed by atoms with E-state index in [0.29, 0.717) is 16.9 Å². The summed E-state index contributed by atoms with van der Waals surface area (Å²) in [6.07, 6.45) is 2.52. The highest BCUT2D eigenvalue weighted by Gasteiger charge is 2.17. The number of nitrogens with one attached hydrogen (secondary N) is 1. The Hall–Kier alpha value is -3.34. The van der Waals surface area contributed by atoms with Crippen LogP contribution in [0.4, 0.5) is 22.0 Å². The lowest BCUT2D eigenvalue weighted by atomic mass is 10.1. The van der Waals surface area contributed by atoms with E-state index in [1.54, 1.807) is 0 Å². The third-order valence-electron chi connectivity index (χ3n) is 4.29. The molecule has 1 aliphatic rings. The van der Waals surface area contributed by atoms with Crippen molar-refractivity contribution in [3.8, 4) is 17.2 Å². The Balaban J connectivity index is 1.61. The fourth-order valence-corrected chi connectivity index (χ4v) is 3.01. The first-order valence-corrected chi connectivity index (χ1v) is 9.33. The molecule has 0 aromatic heterocycles. The number of hydrogen-bond donors (Lipinski definition) is 1. The van der Waals surface area contributed by atoms with Gasteiger partial charge in [0, 0.05) is 29.8 Å². The third kappa shape index (κ3) is 6.58. The number of benzene rings is 2. The van der Waals surface area contributed by atoms with Crippen molar-refractivity contribution in [2.45, 2.75) is 26.3 Å². The highest BCUT2D eigenvalue weighted by molar-refractivity contribution is 5.92. The lowest BCUT2D eigenvalue weighted by molar-refractivity contribution is -0.116. The Morgan fingerprint density at radius 2 is 1.91 bits per heavy atom. The molecule has 0 spiro atoms. The fraction of sp³-hybridized carbons (Fsp3) is 0.286. The number of carbonyl (C=O) groups excluding carboxylic acids is 1. The van der Waals surface area contributed by atoms with Crippen molar-refractivity contribution >= 4 is 12.0 Å². The number of halogens is 5. The summed E-state index contributed by atoms with van der Waals surface area (Å²) in [5.41, 5.74) is 1.19. The molecule has 2 aromatic carbocycles. The Bertz CT molecular complexity index is 983. The van der Waals surface area contributed by atoms with Gasteiger partial charge in [0.15, 0.2) is 6.79 Å². The van der Waals surface area contributed by atoms with Crippen LogP contribution in [0.1, 0.15) is 16.7 Å². The second-order valence-corrected chi connectivity index (χ2v) is 6.49. The average Bonchev–Trinajstić information content (AvgIpc) is 2.72. The van der Waals surface area contributed by atoms with E-state index < -0.39 is 30.7 Å². The van der Waals surface area contributed by atoms with Crippen LogP contribution < -0.4 is 19.5 Å². The van der Waals surface area contributed by atoms with E-state index >= 15 is 0 Å². The Morgan fingerprint density at radius 3 is 2.66 bits per heavy atom. The van der Waals surface area contributed by atoms with Crippen LogP contribution in [0.15, 0.2) is 36.4 Å². The summed E-state index contributed by atoms with van der Waals surface area (Å²) >= 11 is 0. The van der Waals surface area contributed by atoms with Gasteiger partial charge in [0.2, 0.25) is 5.91 Å². The van der Waals surface area contributed by atoms with E-state index in [4.69, 9.17) is 9.47 Å². The Kier molecular flexibility index (Phi) is 7.87. The van der Waals surface area contributed by atoms with Crippen LogP contribution in [0.25, 0.3) is 6.08 Å². The predicted molar refractivity (Wildman–Crippen MR) is 102 cm³/mol. The monoisotopic (exact) mass is 459 g/mol. The zero-order chi connectivity index (χ0) is 23.1. The Labute approximate surface area is 179 Å². The van der Waals surface area contributed by atoms with Crippen molar-refractivity contribution in [3.05, 3.63) is 58.9 Å². The van der Waals surface area contributed by atoms with E-state index in [0.717, 1.165) is 18.2 Å². The van der Waals surface area contributed by atoms with Crippen molar-refractivity contribution in [3.63, 3.8) is 0 Å². The van der Waals surface area contributed by atoms with Crippen LogP contribution in [-0.2, 0) is 22.6 Å². The van der Waals surface area contributed by atoms with E-state index in [2.05, 4.69) is 14.8 Å². The van der Waals surface area contributed by atoms with Gasteiger partial charge >= 0.3 is 13.2 Å². The van der Waals surface area contributed by atoms with Gasteiger partial charge in [0.1, 0.15) is 23.1 Å². The molecule has 0 saturated carbocycles. The number of ether oxygens (including phenoxy) is 4. The molecule has 32 heavy (non-hydrogen) atoms. The molecule has 1 aliphatic heterocycles. The standard InChI is InChI=1S/C21H18F5NO5/c22-15-7-13(19-14(8-15)10-29-11-30-19)5-6-27-18(28)4-2-12-1-3-16(31-20(23)24)9-17(12)32-21(25)26/h1-4,7-9,20-21H,5-6,10-11H2,(H,27,28).